The monoisotopic (exact) mass is 446 g/mol. The van der Waals surface area contributed by atoms with Crippen molar-refractivity contribution in [3.63, 3.8) is 0 Å². The Kier molecular flexibility index (Phi) is 6.24. The van der Waals surface area contributed by atoms with Crippen molar-refractivity contribution in [1.29, 1.82) is 0 Å². The zero-order chi connectivity index (χ0) is 22.6. The van der Waals surface area contributed by atoms with E-state index in [1.54, 1.807) is 6.20 Å². The summed E-state index contributed by atoms with van der Waals surface area (Å²) in [5.74, 6) is 0.735. The van der Waals surface area contributed by atoms with Gasteiger partial charge < -0.3 is 10.2 Å². The molecular formula is C25H30N6O2. The Morgan fingerprint density at radius 1 is 1.06 bits per heavy atom. The molecule has 8 nitrogen and oxygen atoms in total. The number of nitrogens with zero attached hydrogens (tertiary/aromatic N) is 4. The van der Waals surface area contributed by atoms with Crippen molar-refractivity contribution in [2.75, 3.05) is 18.4 Å². The van der Waals surface area contributed by atoms with Crippen molar-refractivity contribution in [3.05, 3.63) is 65.1 Å². The normalized spacial score (nSPS) is 16.4. The third kappa shape index (κ3) is 4.69. The number of aromatic amines is 1. The van der Waals surface area contributed by atoms with Gasteiger partial charge in [0, 0.05) is 36.8 Å². The zero-order valence-corrected chi connectivity index (χ0v) is 18.8. The molecule has 0 saturated carbocycles. The van der Waals surface area contributed by atoms with Crippen molar-refractivity contribution < 1.29 is 9.59 Å². The lowest BCUT2D eigenvalue weighted by molar-refractivity contribution is -0.116. The van der Waals surface area contributed by atoms with Crippen molar-refractivity contribution in [3.8, 4) is 0 Å². The SMILES string of the molecule is O=C(CCc1ccccc1)Nc1ccnn1C1CCN(C(=O)c2n[nH]c3c2CCCC3)CC1. The standard InChI is InChI=1S/C25H30N6O2/c32-23(11-10-18-6-2-1-3-7-18)27-22-12-15-26-31(22)19-13-16-30(17-14-19)25(33)24-20-8-4-5-9-21(20)28-29-24/h1-3,6-7,12,15,19H,4-5,8-11,13-14,16-17H2,(H,27,32)(H,28,29). The van der Waals surface area contributed by atoms with Crippen LogP contribution in [0, 0.1) is 0 Å². The van der Waals surface area contributed by atoms with E-state index in [0.717, 1.165) is 61.2 Å². The predicted molar refractivity (Wildman–Crippen MR) is 125 cm³/mol. The highest BCUT2D eigenvalue weighted by Gasteiger charge is 2.30. The molecule has 1 fully saturated rings. The summed E-state index contributed by atoms with van der Waals surface area (Å²) in [6.07, 6.45) is 8.65. The molecule has 1 aromatic carbocycles. The lowest BCUT2D eigenvalue weighted by Crippen LogP contribution is -2.40. The molecule has 0 unspecified atom stereocenters. The number of carbonyl (C=O) groups is 2. The molecule has 0 atom stereocenters. The molecule has 5 rings (SSSR count). The fourth-order valence-corrected chi connectivity index (χ4v) is 4.93. The van der Waals surface area contributed by atoms with E-state index < -0.39 is 0 Å². The van der Waals surface area contributed by atoms with E-state index in [2.05, 4.69) is 20.6 Å². The number of hydrogen-bond acceptors (Lipinski definition) is 4. The first-order chi connectivity index (χ1) is 16.2. The van der Waals surface area contributed by atoms with Crippen LogP contribution in [0.25, 0.3) is 0 Å². The van der Waals surface area contributed by atoms with E-state index in [0.29, 0.717) is 31.6 Å². The second kappa shape index (κ2) is 9.60. The highest BCUT2D eigenvalue weighted by Crippen LogP contribution is 2.28. The second-order valence-corrected chi connectivity index (χ2v) is 8.95. The Balaban J connectivity index is 1.16. The van der Waals surface area contributed by atoms with Crippen LogP contribution in [0.15, 0.2) is 42.6 Å². The van der Waals surface area contributed by atoms with Crippen LogP contribution in [0.3, 0.4) is 0 Å². The number of aryl methyl sites for hydroxylation is 2. The van der Waals surface area contributed by atoms with Crippen LogP contribution >= 0.6 is 0 Å². The van der Waals surface area contributed by atoms with E-state index in [9.17, 15) is 9.59 Å². The molecule has 0 radical (unpaired) electrons. The van der Waals surface area contributed by atoms with E-state index >= 15 is 0 Å². The molecule has 2 aromatic heterocycles. The summed E-state index contributed by atoms with van der Waals surface area (Å²) >= 11 is 0. The third-order valence-corrected chi connectivity index (χ3v) is 6.78. The maximum Gasteiger partial charge on any atom is 0.274 e. The topological polar surface area (TPSA) is 95.9 Å². The largest absolute Gasteiger partial charge is 0.337 e. The Morgan fingerprint density at radius 3 is 2.67 bits per heavy atom. The van der Waals surface area contributed by atoms with Gasteiger partial charge in [0.15, 0.2) is 5.69 Å². The lowest BCUT2D eigenvalue weighted by Gasteiger charge is -2.32. The smallest absolute Gasteiger partial charge is 0.274 e. The lowest BCUT2D eigenvalue weighted by atomic mass is 9.95. The average molecular weight is 447 g/mol. The van der Waals surface area contributed by atoms with Crippen LogP contribution in [0.5, 0.6) is 0 Å². The number of aromatic nitrogens is 4. The van der Waals surface area contributed by atoms with Crippen molar-refractivity contribution in [2.24, 2.45) is 0 Å². The van der Waals surface area contributed by atoms with Crippen molar-refractivity contribution in [1.82, 2.24) is 24.9 Å². The average Bonchev–Trinajstić information content (AvgIpc) is 3.50. The molecule has 8 heteroatoms. The van der Waals surface area contributed by atoms with E-state index in [1.807, 2.05) is 46.0 Å². The Labute approximate surface area is 193 Å². The van der Waals surface area contributed by atoms with Gasteiger partial charge >= 0.3 is 0 Å². The zero-order valence-electron chi connectivity index (χ0n) is 18.8. The van der Waals surface area contributed by atoms with E-state index in [4.69, 9.17) is 0 Å². The number of piperidine rings is 1. The van der Waals surface area contributed by atoms with Gasteiger partial charge in [0.1, 0.15) is 5.82 Å². The van der Waals surface area contributed by atoms with Gasteiger partial charge in [0.05, 0.1) is 12.2 Å². The fourth-order valence-electron chi connectivity index (χ4n) is 4.93. The van der Waals surface area contributed by atoms with E-state index in [-0.39, 0.29) is 17.9 Å². The molecule has 0 bridgehead atoms. The van der Waals surface area contributed by atoms with Crippen LogP contribution < -0.4 is 5.32 Å². The second-order valence-electron chi connectivity index (χ2n) is 8.95. The van der Waals surface area contributed by atoms with Crippen LogP contribution in [0.1, 0.15) is 65.5 Å². The van der Waals surface area contributed by atoms with Gasteiger partial charge in [-0.25, -0.2) is 4.68 Å². The molecular weight excluding hydrogens is 416 g/mol. The number of hydrogen-bond donors (Lipinski definition) is 2. The summed E-state index contributed by atoms with van der Waals surface area (Å²) in [4.78, 5) is 27.5. The molecule has 2 amide bonds. The summed E-state index contributed by atoms with van der Waals surface area (Å²) in [7, 11) is 0. The third-order valence-electron chi connectivity index (χ3n) is 6.78. The van der Waals surface area contributed by atoms with Gasteiger partial charge in [-0.15, -0.1) is 0 Å². The van der Waals surface area contributed by atoms with Crippen LogP contribution in [-0.2, 0) is 24.1 Å². The summed E-state index contributed by atoms with van der Waals surface area (Å²) < 4.78 is 1.90. The molecule has 1 aliphatic heterocycles. The number of amides is 2. The minimum absolute atomic E-state index is 0.0171. The minimum Gasteiger partial charge on any atom is -0.337 e. The van der Waals surface area contributed by atoms with Crippen molar-refractivity contribution in [2.45, 2.75) is 57.4 Å². The van der Waals surface area contributed by atoms with E-state index in [1.165, 1.54) is 0 Å². The molecule has 33 heavy (non-hydrogen) atoms. The first kappa shape index (κ1) is 21.4. The number of fused-ring (bicyclic) bond motifs is 1. The van der Waals surface area contributed by atoms with Gasteiger partial charge in [-0.2, -0.15) is 10.2 Å². The minimum atomic E-state index is -0.0171. The summed E-state index contributed by atoms with van der Waals surface area (Å²) in [5.41, 5.74) is 4.00. The van der Waals surface area contributed by atoms with Gasteiger partial charge in [0.2, 0.25) is 5.91 Å². The van der Waals surface area contributed by atoms with Crippen LogP contribution in [0.2, 0.25) is 0 Å². The number of likely N-dealkylation sites (tertiary alicyclic amines) is 1. The molecule has 1 saturated heterocycles. The molecule has 3 heterocycles. The van der Waals surface area contributed by atoms with Gasteiger partial charge in [-0.05, 0) is 50.5 Å². The fraction of sp³-hybridized carbons (Fsp3) is 0.440. The summed E-state index contributed by atoms with van der Waals surface area (Å²) in [6.45, 7) is 1.32. The number of rotatable bonds is 6. The maximum atomic E-state index is 13.1. The van der Waals surface area contributed by atoms with Gasteiger partial charge in [-0.3, -0.25) is 14.7 Å². The number of anilines is 1. The Bertz CT molecular complexity index is 1110. The first-order valence-electron chi connectivity index (χ1n) is 11.9. The molecule has 3 aromatic rings. The Hall–Kier alpha value is -3.42. The van der Waals surface area contributed by atoms with Crippen LogP contribution in [0.4, 0.5) is 5.82 Å². The number of nitrogens with one attached hydrogen (secondary N) is 2. The van der Waals surface area contributed by atoms with Gasteiger partial charge in [-0.1, -0.05) is 30.3 Å². The molecule has 2 aliphatic rings. The molecule has 0 spiro atoms. The number of carbonyl (C=O) groups excluding carboxylic acids is 2. The number of benzene rings is 1. The first-order valence-corrected chi connectivity index (χ1v) is 11.9. The summed E-state index contributed by atoms with van der Waals surface area (Å²) in [6, 6.07) is 12.0. The van der Waals surface area contributed by atoms with Crippen LogP contribution in [-0.4, -0.2) is 49.8 Å². The highest BCUT2D eigenvalue weighted by atomic mass is 16.2. The quantitative estimate of drug-likeness (QED) is 0.605. The maximum absolute atomic E-state index is 13.1. The molecule has 2 N–H and O–H groups in total. The predicted octanol–water partition coefficient (Wildman–Crippen LogP) is 3.53. The van der Waals surface area contributed by atoms with Gasteiger partial charge in [0.25, 0.3) is 5.91 Å². The highest BCUT2D eigenvalue weighted by molar-refractivity contribution is 5.94. The molecule has 1 aliphatic carbocycles. The Morgan fingerprint density at radius 2 is 1.85 bits per heavy atom. The molecule has 172 valence electrons. The van der Waals surface area contributed by atoms with Crippen molar-refractivity contribution >= 4 is 17.6 Å². The number of H-pyrrole nitrogens is 1. The summed E-state index contributed by atoms with van der Waals surface area (Å²) in [5, 5.41) is 14.9.